The van der Waals surface area contributed by atoms with Crippen LogP contribution in [0.2, 0.25) is 0 Å². The minimum Gasteiger partial charge on any atom is -0.347 e. The van der Waals surface area contributed by atoms with Crippen molar-refractivity contribution in [3.63, 3.8) is 0 Å². The Morgan fingerprint density at radius 1 is 1.12 bits per heavy atom. The zero-order valence-electron chi connectivity index (χ0n) is 14.1. The van der Waals surface area contributed by atoms with E-state index in [2.05, 4.69) is 10.6 Å². The fourth-order valence-corrected chi connectivity index (χ4v) is 3.05. The lowest BCUT2D eigenvalue weighted by Crippen LogP contribution is -2.34. The lowest BCUT2D eigenvalue weighted by atomic mass is 10.1. The van der Waals surface area contributed by atoms with E-state index in [1.54, 1.807) is 18.2 Å². The minimum absolute atomic E-state index is 0.0859. The third-order valence-electron chi connectivity index (χ3n) is 4.53. The van der Waals surface area contributed by atoms with Gasteiger partial charge in [-0.05, 0) is 42.0 Å². The van der Waals surface area contributed by atoms with E-state index in [-0.39, 0.29) is 36.0 Å². The molecule has 1 aliphatic rings. The molecule has 2 atom stereocenters. The van der Waals surface area contributed by atoms with E-state index in [9.17, 15) is 14.0 Å². The van der Waals surface area contributed by atoms with Crippen LogP contribution in [0.5, 0.6) is 0 Å². The van der Waals surface area contributed by atoms with E-state index in [1.165, 1.54) is 6.07 Å². The predicted molar refractivity (Wildman–Crippen MR) is 94.7 cm³/mol. The van der Waals surface area contributed by atoms with E-state index >= 15 is 0 Å². The quantitative estimate of drug-likeness (QED) is 0.848. The number of rotatable bonds is 6. The van der Waals surface area contributed by atoms with Crippen LogP contribution in [-0.4, -0.2) is 18.4 Å². The molecular formula is C20H21FN2O2. The summed E-state index contributed by atoms with van der Waals surface area (Å²) in [5.41, 5.74) is 2.38. The number of nitrogens with one attached hydrogen (secondary N) is 2. The number of amides is 2. The first-order valence-electron chi connectivity index (χ1n) is 8.50. The molecule has 2 aromatic carbocycles. The standard InChI is InChI=1S/C20H21FN2O2/c1-2-13-7-3-6-10-18(13)23-19(24)12-22-20(25)16-11-15(16)14-8-4-5-9-17(14)21/h3-10,15-16H,2,11-12H2,1H3,(H,22,25)(H,23,24). The predicted octanol–water partition coefficient (Wildman–Crippen LogP) is 3.25. The Hall–Kier alpha value is -2.69. The van der Waals surface area contributed by atoms with E-state index in [0.29, 0.717) is 12.0 Å². The van der Waals surface area contributed by atoms with Gasteiger partial charge < -0.3 is 10.6 Å². The van der Waals surface area contributed by atoms with Gasteiger partial charge in [0.25, 0.3) is 0 Å². The van der Waals surface area contributed by atoms with Gasteiger partial charge in [0.1, 0.15) is 5.82 Å². The molecule has 2 N–H and O–H groups in total. The molecule has 5 heteroatoms. The van der Waals surface area contributed by atoms with E-state index in [1.807, 2.05) is 31.2 Å². The Labute approximate surface area is 146 Å². The fraction of sp³-hybridized carbons (Fsp3) is 0.300. The Morgan fingerprint density at radius 2 is 1.84 bits per heavy atom. The van der Waals surface area contributed by atoms with E-state index < -0.39 is 0 Å². The average Bonchev–Trinajstić information content (AvgIpc) is 3.41. The maximum atomic E-state index is 13.7. The van der Waals surface area contributed by atoms with E-state index in [4.69, 9.17) is 0 Å². The lowest BCUT2D eigenvalue weighted by molar-refractivity contribution is -0.125. The summed E-state index contributed by atoms with van der Waals surface area (Å²) >= 11 is 0. The molecule has 2 amide bonds. The first-order valence-corrected chi connectivity index (χ1v) is 8.50. The largest absolute Gasteiger partial charge is 0.347 e. The summed E-state index contributed by atoms with van der Waals surface area (Å²) in [6, 6.07) is 14.1. The lowest BCUT2D eigenvalue weighted by Gasteiger charge is -2.10. The number of halogens is 1. The van der Waals surface area contributed by atoms with Crippen LogP contribution >= 0.6 is 0 Å². The van der Waals surface area contributed by atoms with Crippen molar-refractivity contribution in [3.8, 4) is 0 Å². The third kappa shape index (κ3) is 4.05. The highest BCUT2D eigenvalue weighted by Gasteiger charge is 2.45. The first kappa shape index (κ1) is 17.1. The Kier molecular flexibility index (Phi) is 5.12. The number of carbonyl (C=O) groups is 2. The highest BCUT2D eigenvalue weighted by atomic mass is 19.1. The fourth-order valence-electron chi connectivity index (χ4n) is 3.05. The summed E-state index contributed by atoms with van der Waals surface area (Å²) in [6.45, 7) is 1.93. The monoisotopic (exact) mass is 340 g/mol. The average molecular weight is 340 g/mol. The molecule has 0 heterocycles. The normalized spacial score (nSPS) is 18.5. The molecule has 0 spiro atoms. The third-order valence-corrected chi connectivity index (χ3v) is 4.53. The van der Waals surface area contributed by atoms with Crippen LogP contribution in [0.25, 0.3) is 0 Å². The molecule has 1 saturated carbocycles. The number of hydrogen-bond donors (Lipinski definition) is 2. The topological polar surface area (TPSA) is 58.2 Å². The van der Waals surface area contributed by atoms with Crippen LogP contribution < -0.4 is 10.6 Å². The maximum absolute atomic E-state index is 13.7. The molecule has 130 valence electrons. The number of benzene rings is 2. The van der Waals surface area contributed by atoms with Crippen molar-refractivity contribution < 1.29 is 14.0 Å². The van der Waals surface area contributed by atoms with Gasteiger partial charge in [-0.25, -0.2) is 4.39 Å². The Balaban J connectivity index is 1.50. The van der Waals surface area contributed by atoms with Crippen LogP contribution in [0, 0.1) is 11.7 Å². The van der Waals surface area contributed by atoms with Gasteiger partial charge in [-0.15, -0.1) is 0 Å². The van der Waals surface area contributed by atoms with Gasteiger partial charge in [-0.3, -0.25) is 9.59 Å². The Morgan fingerprint density at radius 3 is 2.60 bits per heavy atom. The second-order valence-electron chi connectivity index (χ2n) is 6.25. The van der Waals surface area contributed by atoms with Crippen molar-refractivity contribution in [2.24, 2.45) is 5.92 Å². The number of anilines is 1. The highest BCUT2D eigenvalue weighted by molar-refractivity contribution is 5.95. The van der Waals surface area contributed by atoms with Crippen molar-refractivity contribution in [2.45, 2.75) is 25.7 Å². The second-order valence-corrected chi connectivity index (χ2v) is 6.25. The molecular weight excluding hydrogens is 319 g/mol. The molecule has 0 radical (unpaired) electrons. The van der Waals surface area contributed by atoms with Gasteiger partial charge in [-0.1, -0.05) is 43.3 Å². The zero-order chi connectivity index (χ0) is 17.8. The van der Waals surface area contributed by atoms with Crippen LogP contribution in [0.1, 0.15) is 30.4 Å². The summed E-state index contributed by atoms with van der Waals surface area (Å²) in [5, 5.41) is 5.46. The van der Waals surface area contributed by atoms with Gasteiger partial charge >= 0.3 is 0 Å². The molecule has 25 heavy (non-hydrogen) atoms. The molecule has 0 aromatic heterocycles. The molecule has 0 bridgehead atoms. The van der Waals surface area contributed by atoms with Crippen molar-refractivity contribution in [1.29, 1.82) is 0 Å². The van der Waals surface area contributed by atoms with Crippen molar-refractivity contribution in [2.75, 3.05) is 11.9 Å². The SMILES string of the molecule is CCc1ccccc1NC(=O)CNC(=O)C1CC1c1ccccc1F. The van der Waals surface area contributed by atoms with Crippen molar-refractivity contribution in [3.05, 3.63) is 65.5 Å². The number of carbonyl (C=O) groups excluding carboxylic acids is 2. The summed E-state index contributed by atoms with van der Waals surface area (Å²) < 4.78 is 13.7. The molecule has 1 fully saturated rings. The smallest absolute Gasteiger partial charge is 0.243 e. The molecule has 4 nitrogen and oxygen atoms in total. The van der Waals surface area contributed by atoms with Crippen LogP contribution in [0.3, 0.4) is 0 Å². The maximum Gasteiger partial charge on any atom is 0.243 e. The highest BCUT2D eigenvalue weighted by Crippen LogP contribution is 2.48. The van der Waals surface area contributed by atoms with Gasteiger partial charge in [0.15, 0.2) is 0 Å². The zero-order valence-corrected chi connectivity index (χ0v) is 14.1. The summed E-state index contributed by atoms with van der Waals surface area (Å²) in [6.07, 6.45) is 1.43. The summed E-state index contributed by atoms with van der Waals surface area (Å²) in [4.78, 5) is 24.2. The molecule has 1 aliphatic carbocycles. The molecule has 0 aliphatic heterocycles. The minimum atomic E-state index is -0.281. The van der Waals surface area contributed by atoms with Gasteiger partial charge in [0, 0.05) is 11.6 Å². The van der Waals surface area contributed by atoms with E-state index in [0.717, 1.165) is 17.7 Å². The summed E-state index contributed by atoms with van der Waals surface area (Å²) in [7, 11) is 0. The van der Waals surface area contributed by atoms with Gasteiger partial charge in [0.2, 0.25) is 11.8 Å². The van der Waals surface area contributed by atoms with Crippen LogP contribution in [0.15, 0.2) is 48.5 Å². The molecule has 2 aromatic rings. The Bertz CT molecular complexity index is 791. The first-order chi connectivity index (χ1) is 12.1. The van der Waals surface area contributed by atoms with Crippen LogP contribution in [-0.2, 0) is 16.0 Å². The molecule has 3 rings (SSSR count). The number of hydrogen-bond acceptors (Lipinski definition) is 2. The van der Waals surface area contributed by atoms with Crippen LogP contribution in [0.4, 0.5) is 10.1 Å². The summed E-state index contributed by atoms with van der Waals surface area (Å²) in [5.74, 6) is -1.10. The number of para-hydroxylation sites is 1. The van der Waals surface area contributed by atoms with Crippen molar-refractivity contribution >= 4 is 17.5 Å². The van der Waals surface area contributed by atoms with Gasteiger partial charge in [-0.2, -0.15) is 0 Å². The second kappa shape index (κ2) is 7.47. The van der Waals surface area contributed by atoms with Crippen molar-refractivity contribution in [1.82, 2.24) is 5.32 Å². The molecule has 2 unspecified atom stereocenters. The van der Waals surface area contributed by atoms with Gasteiger partial charge in [0.05, 0.1) is 6.54 Å². The number of aryl methyl sites for hydroxylation is 1. The molecule has 0 saturated heterocycles.